The van der Waals surface area contributed by atoms with Crippen LogP contribution in [0.25, 0.3) is 0 Å². The third kappa shape index (κ3) is 5.49. The summed E-state index contributed by atoms with van der Waals surface area (Å²) in [5.41, 5.74) is -1.91. The van der Waals surface area contributed by atoms with Gasteiger partial charge in [-0.3, -0.25) is 20.2 Å². The normalized spacial score (nSPS) is 23.3. The first-order valence-corrected chi connectivity index (χ1v) is 7.80. The lowest BCUT2D eigenvalue weighted by atomic mass is 9.90. The van der Waals surface area contributed by atoms with E-state index in [1.807, 2.05) is 0 Å². The molecule has 1 rings (SSSR count). The first kappa shape index (κ1) is 18.8. The average molecular weight is 316 g/mol. The van der Waals surface area contributed by atoms with Gasteiger partial charge in [0.2, 0.25) is 11.1 Å². The number of hydrogen-bond donors (Lipinski definition) is 2. The predicted octanol–water partition coefficient (Wildman–Crippen LogP) is 1.59. The molecule has 0 atom stereocenters. The standard InChI is InChI=1S/C14H28N4O4/c1-13(2,17(19)20)9-15-11-5-7-12(8-6-11)16-10-14(3,4)18(21)22/h11-12,15-16H,5-10H2,1-4H3. The zero-order chi connectivity index (χ0) is 17.0. The summed E-state index contributed by atoms with van der Waals surface area (Å²) in [6, 6.07) is 0.585. The molecule has 1 saturated carbocycles. The molecule has 0 aromatic heterocycles. The first-order chi connectivity index (χ1) is 10.0. The van der Waals surface area contributed by atoms with Crippen LogP contribution in [0.2, 0.25) is 0 Å². The third-order valence-corrected chi connectivity index (χ3v) is 4.36. The summed E-state index contributed by atoms with van der Waals surface area (Å²) >= 11 is 0. The molecular formula is C14H28N4O4. The molecule has 1 fully saturated rings. The summed E-state index contributed by atoms with van der Waals surface area (Å²) in [6.45, 7) is 7.19. The van der Waals surface area contributed by atoms with Crippen LogP contribution in [0.1, 0.15) is 53.4 Å². The summed E-state index contributed by atoms with van der Waals surface area (Å²) in [5, 5.41) is 28.3. The van der Waals surface area contributed by atoms with E-state index in [1.165, 1.54) is 0 Å². The second kappa shape index (κ2) is 7.32. The van der Waals surface area contributed by atoms with E-state index < -0.39 is 11.1 Å². The SMILES string of the molecule is CC(C)(CNC1CCC(NCC(C)(C)[N+](=O)[O-])CC1)[N+](=O)[O-]. The van der Waals surface area contributed by atoms with Crippen molar-refractivity contribution in [3.05, 3.63) is 20.2 Å². The van der Waals surface area contributed by atoms with Gasteiger partial charge in [0.05, 0.1) is 13.1 Å². The lowest BCUT2D eigenvalue weighted by Crippen LogP contribution is -2.49. The van der Waals surface area contributed by atoms with E-state index >= 15 is 0 Å². The average Bonchev–Trinajstić information content (AvgIpc) is 2.44. The number of nitrogens with zero attached hydrogens (tertiary/aromatic N) is 2. The number of nitro groups is 2. The maximum Gasteiger partial charge on any atom is 0.229 e. The zero-order valence-corrected chi connectivity index (χ0v) is 13.9. The molecule has 8 heteroatoms. The summed E-state index contributed by atoms with van der Waals surface area (Å²) < 4.78 is 0. The molecule has 0 saturated heterocycles. The Balaban J connectivity index is 2.29. The summed E-state index contributed by atoms with van der Waals surface area (Å²) in [6.07, 6.45) is 3.74. The summed E-state index contributed by atoms with van der Waals surface area (Å²) in [7, 11) is 0. The molecule has 22 heavy (non-hydrogen) atoms. The maximum absolute atomic E-state index is 10.9. The lowest BCUT2D eigenvalue weighted by Gasteiger charge is -2.31. The van der Waals surface area contributed by atoms with E-state index in [9.17, 15) is 20.2 Å². The third-order valence-electron chi connectivity index (χ3n) is 4.36. The minimum atomic E-state index is -0.954. The van der Waals surface area contributed by atoms with Crippen molar-refractivity contribution in [1.82, 2.24) is 10.6 Å². The largest absolute Gasteiger partial charge is 0.307 e. The number of hydrogen-bond acceptors (Lipinski definition) is 6. The Morgan fingerprint density at radius 1 is 0.818 bits per heavy atom. The molecule has 8 nitrogen and oxygen atoms in total. The van der Waals surface area contributed by atoms with Gasteiger partial charge in [-0.1, -0.05) is 0 Å². The molecule has 0 unspecified atom stereocenters. The van der Waals surface area contributed by atoms with Crippen LogP contribution in [-0.2, 0) is 0 Å². The topological polar surface area (TPSA) is 110 Å². The minimum Gasteiger partial charge on any atom is -0.307 e. The smallest absolute Gasteiger partial charge is 0.229 e. The highest BCUT2D eigenvalue weighted by Crippen LogP contribution is 2.20. The van der Waals surface area contributed by atoms with Crippen molar-refractivity contribution >= 4 is 0 Å². The Hall–Kier alpha value is -1.28. The molecule has 1 aliphatic rings. The van der Waals surface area contributed by atoms with Crippen molar-refractivity contribution in [3.8, 4) is 0 Å². The van der Waals surface area contributed by atoms with Crippen LogP contribution in [-0.4, -0.2) is 46.1 Å². The van der Waals surface area contributed by atoms with E-state index in [1.54, 1.807) is 27.7 Å². The number of nitrogens with one attached hydrogen (secondary N) is 2. The van der Waals surface area contributed by atoms with Gasteiger partial charge in [0.1, 0.15) is 0 Å². The van der Waals surface area contributed by atoms with E-state index in [2.05, 4.69) is 10.6 Å². The Labute approximate surface area is 131 Å². The minimum absolute atomic E-state index is 0.257. The fraction of sp³-hybridized carbons (Fsp3) is 1.00. The van der Waals surface area contributed by atoms with Gasteiger partial charge in [0, 0.05) is 49.6 Å². The van der Waals surface area contributed by atoms with Crippen molar-refractivity contribution in [2.75, 3.05) is 13.1 Å². The molecule has 2 N–H and O–H groups in total. The summed E-state index contributed by atoms with van der Waals surface area (Å²) in [4.78, 5) is 21.2. The molecule has 0 aliphatic heterocycles. The van der Waals surface area contributed by atoms with Crippen molar-refractivity contribution in [1.29, 1.82) is 0 Å². The molecule has 0 aromatic rings. The Kier molecular flexibility index (Phi) is 6.25. The van der Waals surface area contributed by atoms with E-state index in [4.69, 9.17) is 0 Å². The fourth-order valence-corrected chi connectivity index (χ4v) is 2.42. The molecule has 0 bridgehead atoms. The van der Waals surface area contributed by atoms with Gasteiger partial charge in [0.25, 0.3) is 0 Å². The Morgan fingerprint density at radius 3 is 1.32 bits per heavy atom. The van der Waals surface area contributed by atoms with E-state index in [0.717, 1.165) is 25.7 Å². The zero-order valence-electron chi connectivity index (χ0n) is 13.9. The van der Waals surface area contributed by atoms with Gasteiger partial charge in [-0.25, -0.2) is 0 Å². The second-order valence-electron chi connectivity index (χ2n) is 7.45. The first-order valence-electron chi connectivity index (χ1n) is 7.80. The molecule has 0 amide bonds. The summed E-state index contributed by atoms with van der Waals surface area (Å²) in [5.74, 6) is 0. The van der Waals surface area contributed by atoms with E-state index in [0.29, 0.717) is 25.2 Å². The van der Waals surface area contributed by atoms with Crippen LogP contribution in [0.3, 0.4) is 0 Å². The van der Waals surface area contributed by atoms with Crippen molar-refractivity contribution < 1.29 is 9.85 Å². The highest BCUT2D eigenvalue weighted by Gasteiger charge is 2.33. The highest BCUT2D eigenvalue weighted by atomic mass is 16.6. The lowest BCUT2D eigenvalue weighted by molar-refractivity contribution is -0.558. The van der Waals surface area contributed by atoms with Crippen LogP contribution >= 0.6 is 0 Å². The van der Waals surface area contributed by atoms with Gasteiger partial charge in [-0.05, 0) is 25.7 Å². The molecule has 0 spiro atoms. The molecule has 0 aromatic carbocycles. The highest BCUT2D eigenvalue weighted by molar-refractivity contribution is 4.84. The van der Waals surface area contributed by atoms with Crippen molar-refractivity contribution in [2.45, 2.75) is 76.5 Å². The van der Waals surface area contributed by atoms with Crippen LogP contribution in [0.5, 0.6) is 0 Å². The van der Waals surface area contributed by atoms with Crippen LogP contribution in [0.4, 0.5) is 0 Å². The molecular weight excluding hydrogens is 288 g/mol. The van der Waals surface area contributed by atoms with Crippen LogP contribution < -0.4 is 10.6 Å². The van der Waals surface area contributed by atoms with Gasteiger partial charge in [-0.2, -0.15) is 0 Å². The fourth-order valence-electron chi connectivity index (χ4n) is 2.42. The predicted molar refractivity (Wildman–Crippen MR) is 84.2 cm³/mol. The Morgan fingerprint density at radius 2 is 1.09 bits per heavy atom. The van der Waals surface area contributed by atoms with Crippen LogP contribution in [0.15, 0.2) is 0 Å². The quantitative estimate of drug-likeness (QED) is 0.519. The van der Waals surface area contributed by atoms with Crippen LogP contribution in [0, 0.1) is 20.2 Å². The van der Waals surface area contributed by atoms with Crippen molar-refractivity contribution in [2.24, 2.45) is 0 Å². The second-order valence-corrected chi connectivity index (χ2v) is 7.45. The van der Waals surface area contributed by atoms with Gasteiger partial charge >= 0.3 is 0 Å². The molecule has 0 radical (unpaired) electrons. The van der Waals surface area contributed by atoms with Crippen molar-refractivity contribution in [3.63, 3.8) is 0 Å². The maximum atomic E-state index is 10.9. The van der Waals surface area contributed by atoms with E-state index in [-0.39, 0.29) is 9.85 Å². The Bertz CT molecular complexity index is 366. The van der Waals surface area contributed by atoms with Gasteiger partial charge in [0.15, 0.2) is 0 Å². The van der Waals surface area contributed by atoms with Gasteiger partial charge < -0.3 is 10.6 Å². The molecule has 1 aliphatic carbocycles. The molecule has 0 heterocycles. The monoisotopic (exact) mass is 316 g/mol. The number of rotatable bonds is 8. The van der Waals surface area contributed by atoms with Gasteiger partial charge in [-0.15, -0.1) is 0 Å². The molecule has 128 valence electrons.